The minimum Gasteiger partial charge on any atom is -0.493 e. The summed E-state index contributed by atoms with van der Waals surface area (Å²) >= 11 is 0. The molecule has 0 atom stereocenters. The first-order valence-corrected chi connectivity index (χ1v) is 14.8. The maximum absolute atomic E-state index is 14.1. The number of rotatable bonds is 21. The van der Waals surface area contributed by atoms with Gasteiger partial charge >= 0.3 is 53.6 Å². The van der Waals surface area contributed by atoms with Gasteiger partial charge in [0, 0.05) is 6.42 Å². The molecule has 290 valence electrons. The highest BCUT2D eigenvalue weighted by atomic mass is 19.4. The molecule has 0 heterocycles. The third kappa shape index (κ3) is 9.44. The number of hydrogen-bond donors (Lipinski definition) is 0. The lowest BCUT2D eigenvalue weighted by Crippen LogP contribution is -2.74. The molecule has 0 aliphatic rings. The molecule has 0 unspecified atom stereocenters. The Labute approximate surface area is 273 Å². The van der Waals surface area contributed by atoms with Crippen LogP contribution in [0.15, 0.2) is 29.1 Å². The van der Waals surface area contributed by atoms with Crippen molar-refractivity contribution in [2.75, 3.05) is 6.61 Å². The molecule has 0 fully saturated rings. The van der Waals surface area contributed by atoms with E-state index in [1.807, 2.05) is 0 Å². The summed E-state index contributed by atoms with van der Waals surface area (Å²) in [6, 6.07) is 2.66. The summed E-state index contributed by atoms with van der Waals surface area (Å²) in [6.45, 7) is 0.184. The Bertz CT molecular complexity index is 1310. The predicted octanol–water partition coefficient (Wildman–Crippen LogP) is 10.7. The highest BCUT2D eigenvalue weighted by molar-refractivity contribution is 5.72. The van der Waals surface area contributed by atoms with Gasteiger partial charge in [0.15, 0.2) is 5.75 Å². The van der Waals surface area contributed by atoms with Crippen molar-refractivity contribution < 1.29 is 88.9 Å². The Balaban J connectivity index is 2.96. The summed E-state index contributed by atoms with van der Waals surface area (Å²) in [5, 5.41) is 0. The summed E-state index contributed by atoms with van der Waals surface area (Å²) in [7, 11) is 0. The molecule has 1 aromatic carbocycles. The minimum atomic E-state index is -8.71. The van der Waals surface area contributed by atoms with Gasteiger partial charge in [0.2, 0.25) is 5.43 Å². The summed E-state index contributed by atoms with van der Waals surface area (Å²) in [5.74, 6) is -59.2. The molecule has 1 aromatic rings. The number of carbonyl (C=O) groups is 1. The Kier molecular flexibility index (Phi) is 14.9. The monoisotopic (exact) mass is 766 g/mol. The molecule has 0 saturated carbocycles. The average molecular weight is 767 g/mol. The lowest BCUT2D eigenvalue weighted by atomic mass is 9.88. The van der Waals surface area contributed by atoms with E-state index in [4.69, 9.17) is 4.74 Å². The Morgan fingerprint density at radius 1 is 0.560 bits per heavy atom. The van der Waals surface area contributed by atoms with Gasteiger partial charge in [-0.2, -0.15) is 74.6 Å². The highest BCUT2D eigenvalue weighted by Crippen LogP contribution is 2.64. The molecule has 0 aromatic heterocycles. The number of ether oxygens (including phenoxy) is 2. The zero-order chi connectivity index (χ0) is 39.0. The average Bonchev–Trinajstić information content (AvgIpc) is 3.15. The number of hydrogen-bond acceptors (Lipinski definition) is 4. The van der Waals surface area contributed by atoms with E-state index in [9.17, 15) is 84.2 Å². The second-order valence-electron chi connectivity index (χ2n) is 11.1. The largest absolute Gasteiger partial charge is 0.493 e. The summed E-state index contributed by atoms with van der Waals surface area (Å²) in [5.41, 5.74) is -1.02. The van der Waals surface area contributed by atoms with Crippen LogP contribution < -0.4 is 14.9 Å². The fraction of sp³-hybridized carbons (Fsp3) is 0.724. The van der Waals surface area contributed by atoms with E-state index in [2.05, 4.69) is 11.7 Å². The first-order chi connectivity index (χ1) is 22.6. The smallest absolute Gasteiger partial charge is 0.460 e. The molecule has 50 heavy (non-hydrogen) atoms. The minimum absolute atomic E-state index is 0.113. The molecular formula is C29H31F17O4. The third-order valence-corrected chi connectivity index (χ3v) is 7.22. The quantitative estimate of drug-likeness (QED) is 0.0710. The van der Waals surface area contributed by atoms with E-state index in [0.29, 0.717) is 31.0 Å². The van der Waals surface area contributed by atoms with Crippen molar-refractivity contribution in [2.45, 2.75) is 125 Å². The molecule has 0 spiro atoms. The van der Waals surface area contributed by atoms with Crippen molar-refractivity contribution in [3.05, 3.63) is 34.5 Å². The van der Waals surface area contributed by atoms with Crippen molar-refractivity contribution >= 4 is 5.97 Å². The van der Waals surface area contributed by atoms with E-state index < -0.39 is 83.6 Å². The van der Waals surface area contributed by atoms with Gasteiger partial charge in [-0.05, 0) is 30.7 Å². The van der Waals surface area contributed by atoms with Crippen molar-refractivity contribution in [3.63, 3.8) is 0 Å². The number of esters is 1. The SMILES string of the molecule is CCCCCCCCCCCC(=O)Oc1ccc(OCCC(F)(F)C(F)(F)C(F)(F)C(F)(F)C(F)(F)C(F)(F)C(F)(F)C(F)(F)F)ccc1=O. The van der Waals surface area contributed by atoms with Crippen LogP contribution in [0.4, 0.5) is 74.6 Å². The highest BCUT2D eigenvalue weighted by Gasteiger charge is 2.95. The van der Waals surface area contributed by atoms with Crippen LogP contribution in [0.1, 0.15) is 77.6 Å². The predicted molar refractivity (Wildman–Crippen MR) is 141 cm³/mol. The Morgan fingerprint density at radius 3 is 1.46 bits per heavy atom. The Hall–Kier alpha value is -3.03. The van der Waals surface area contributed by atoms with Crippen LogP contribution in [0.2, 0.25) is 0 Å². The summed E-state index contributed by atoms with van der Waals surface area (Å²) < 4.78 is 237. The summed E-state index contributed by atoms with van der Waals surface area (Å²) in [6.07, 6.45) is -2.45. The van der Waals surface area contributed by atoms with Crippen LogP contribution in [-0.2, 0) is 4.79 Å². The molecular weight excluding hydrogens is 735 g/mol. The first kappa shape index (κ1) is 45.0. The van der Waals surface area contributed by atoms with E-state index in [1.54, 1.807) is 0 Å². The van der Waals surface area contributed by atoms with Crippen molar-refractivity contribution in [2.24, 2.45) is 0 Å². The lowest BCUT2D eigenvalue weighted by molar-refractivity contribution is -0.461. The zero-order valence-corrected chi connectivity index (χ0v) is 25.9. The molecule has 0 radical (unpaired) electrons. The van der Waals surface area contributed by atoms with Crippen LogP contribution in [0.3, 0.4) is 0 Å². The van der Waals surface area contributed by atoms with Gasteiger partial charge in [0.1, 0.15) is 5.75 Å². The van der Waals surface area contributed by atoms with E-state index >= 15 is 0 Å². The maximum Gasteiger partial charge on any atom is 0.460 e. The van der Waals surface area contributed by atoms with E-state index in [-0.39, 0.29) is 6.42 Å². The molecule has 0 N–H and O–H groups in total. The fourth-order valence-corrected chi connectivity index (χ4v) is 4.12. The topological polar surface area (TPSA) is 52.6 Å². The van der Waals surface area contributed by atoms with Crippen LogP contribution >= 0.6 is 0 Å². The lowest BCUT2D eigenvalue weighted by Gasteiger charge is -2.42. The molecule has 0 amide bonds. The third-order valence-electron chi connectivity index (χ3n) is 7.22. The molecule has 21 heteroatoms. The first-order valence-electron chi connectivity index (χ1n) is 14.8. The van der Waals surface area contributed by atoms with Gasteiger partial charge in [-0.3, -0.25) is 9.59 Å². The van der Waals surface area contributed by atoms with Crippen LogP contribution in [-0.4, -0.2) is 60.2 Å². The maximum atomic E-state index is 14.1. The molecule has 0 aliphatic carbocycles. The van der Waals surface area contributed by atoms with Gasteiger partial charge in [0.05, 0.1) is 13.0 Å². The number of alkyl halides is 17. The molecule has 1 rings (SSSR count). The van der Waals surface area contributed by atoms with E-state index in [1.165, 1.54) is 0 Å². The molecule has 0 bridgehead atoms. The van der Waals surface area contributed by atoms with E-state index in [0.717, 1.165) is 51.0 Å². The van der Waals surface area contributed by atoms with Gasteiger partial charge in [-0.25, -0.2) is 0 Å². The number of unbranched alkanes of at least 4 members (excludes halogenated alkanes) is 8. The molecule has 0 aliphatic heterocycles. The van der Waals surface area contributed by atoms with Crippen molar-refractivity contribution in [1.82, 2.24) is 0 Å². The van der Waals surface area contributed by atoms with Crippen LogP contribution in [0.5, 0.6) is 11.5 Å². The van der Waals surface area contributed by atoms with Gasteiger partial charge < -0.3 is 9.47 Å². The van der Waals surface area contributed by atoms with Crippen LogP contribution in [0.25, 0.3) is 0 Å². The van der Waals surface area contributed by atoms with Crippen molar-refractivity contribution in [1.29, 1.82) is 0 Å². The van der Waals surface area contributed by atoms with Crippen molar-refractivity contribution in [3.8, 4) is 11.5 Å². The normalized spacial score (nSPS) is 14.1. The molecule has 0 saturated heterocycles. The summed E-state index contributed by atoms with van der Waals surface area (Å²) in [4.78, 5) is 24.2. The van der Waals surface area contributed by atoms with Gasteiger partial charge in [-0.1, -0.05) is 58.3 Å². The van der Waals surface area contributed by atoms with Crippen LogP contribution in [0, 0.1) is 0 Å². The second-order valence-corrected chi connectivity index (χ2v) is 11.1. The second kappa shape index (κ2) is 16.5. The van der Waals surface area contributed by atoms with Gasteiger partial charge in [0.25, 0.3) is 0 Å². The number of carbonyl (C=O) groups excluding carboxylic acids is 1. The number of halogens is 17. The fourth-order valence-electron chi connectivity index (χ4n) is 4.12. The molecule has 4 nitrogen and oxygen atoms in total. The Morgan fingerprint density at radius 2 is 0.980 bits per heavy atom. The zero-order valence-electron chi connectivity index (χ0n) is 25.9. The van der Waals surface area contributed by atoms with Gasteiger partial charge in [-0.15, -0.1) is 0 Å². The standard InChI is InChI=1S/C29H31F17O4/c1-2-3-4-5-6-7-8-9-10-11-21(48)50-20-15-13-18(12-14-19(20)47)49-17-16-22(30,31)23(32,33)24(34,35)25(36,37)26(38,39)27(40,41)28(42,43)29(44,45)46/h12-15H,2-11,16-17H2,1H3.